The number of carboxylic acids is 1. The molecule has 4 heterocycles. The second-order valence-electron chi connectivity index (χ2n) is 6.63. The molecular weight excluding hydrogens is 350 g/mol. The molecule has 9 nitrogen and oxygen atoms in total. The summed E-state index contributed by atoms with van der Waals surface area (Å²) in [7, 11) is 0. The summed E-state index contributed by atoms with van der Waals surface area (Å²) in [5.41, 5.74) is 4.92. The number of hydrogen-bond acceptors (Lipinski definition) is 6. The third kappa shape index (κ3) is 2.72. The molecule has 0 saturated carbocycles. The van der Waals surface area contributed by atoms with Crippen molar-refractivity contribution in [2.75, 3.05) is 13.3 Å². The lowest BCUT2D eigenvalue weighted by molar-refractivity contribution is 0.0687. The first kappa shape index (κ1) is 15.9. The number of fused-ring (bicyclic) bond motifs is 2. The van der Waals surface area contributed by atoms with Gasteiger partial charge >= 0.3 is 5.97 Å². The molecule has 0 spiro atoms. The average Bonchev–Trinajstić information content (AvgIpc) is 3.39. The fourth-order valence-corrected chi connectivity index (χ4v) is 3.63. The number of aromatic carboxylic acids is 1. The molecule has 0 aliphatic carbocycles. The number of carbonyl (C=O) groups is 1. The maximum absolute atomic E-state index is 11.3. The molecule has 27 heavy (non-hydrogen) atoms. The van der Waals surface area contributed by atoms with Crippen LogP contribution >= 0.6 is 0 Å². The Labute approximate surface area is 153 Å². The van der Waals surface area contributed by atoms with Gasteiger partial charge in [0.05, 0.1) is 11.9 Å². The van der Waals surface area contributed by atoms with E-state index in [0.29, 0.717) is 18.7 Å². The molecule has 5 rings (SSSR count). The lowest BCUT2D eigenvalue weighted by atomic mass is 10.0. The number of aromatic amines is 2. The number of rotatable bonds is 4. The predicted octanol–water partition coefficient (Wildman–Crippen LogP) is 1.78. The molecular formula is C18H17N5O4. The Morgan fingerprint density at radius 3 is 3.04 bits per heavy atom. The third-order valence-electron chi connectivity index (χ3n) is 4.98. The van der Waals surface area contributed by atoms with Crippen LogP contribution < -0.4 is 9.47 Å². The van der Waals surface area contributed by atoms with Crippen molar-refractivity contribution >= 4 is 5.97 Å². The van der Waals surface area contributed by atoms with E-state index in [1.807, 2.05) is 18.2 Å². The normalized spacial score (nSPS) is 15.7. The van der Waals surface area contributed by atoms with Crippen LogP contribution in [-0.4, -0.2) is 49.7 Å². The minimum Gasteiger partial charge on any atom is -0.477 e. The van der Waals surface area contributed by atoms with Gasteiger partial charge in [0.1, 0.15) is 5.69 Å². The Morgan fingerprint density at radius 1 is 1.26 bits per heavy atom. The maximum atomic E-state index is 11.3. The minimum atomic E-state index is -0.996. The molecule has 0 fully saturated rings. The predicted molar refractivity (Wildman–Crippen MR) is 93.5 cm³/mol. The first-order valence-electron chi connectivity index (χ1n) is 8.63. The van der Waals surface area contributed by atoms with Gasteiger partial charge in [-0.25, -0.2) is 4.79 Å². The van der Waals surface area contributed by atoms with Crippen LogP contribution in [0.15, 0.2) is 24.4 Å². The zero-order valence-electron chi connectivity index (χ0n) is 14.4. The van der Waals surface area contributed by atoms with Gasteiger partial charge in [0, 0.05) is 48.4 Å². The first-order chi connectivity index (χ1) is 13.2. The molecule has 0 saturated heterocycles. The fourth-order valence-electron chi connectivity index (χ4n) is 3.63. The Morgan fingerprint density at radius 2 is 2.15 bits per heavy atom. The molecule has 0 unspecified atom stereocenters. The minimum absolute atomic E-state index is 0.143. The van der Waals surface area contributed by atoms with E-state index in [0.717, 1.165) is 47.0 Å². The van der Waals surface area contributed by atoms with E-state index in [1.54, 1.807) is 6.20 Å². The fraction of sp³-hybridized carbons (Fsp3) is 0.278. The molecule has 1 aromatic carbocycles. The number of nitrogens with one attached hydrogen (secondary N) is 2. The van der Waals surface area contributed by atoms with Crippen LogP contribution in [0.5, 0.6) is 11.5 Å². The molecule has 138 valence electrons. The van der Waals surface area contributed by atoms with Gasteiger partial charge in [-0.05, 0) is 18.2 Å². The summed E-state index contributed by atoms with van der Waals surface area (Å²) in [4.78, 5) is 13.5. The lowest BCUT2D eigenvalue weighted by Crippen LogP contribution is -2.30. The number of nitrogens with zero attached hydrogens (tertiary/aromatic N) is 3. The highest BCUT2D eigenvalue weighted by Crippen LogP contribution is 2.37. The van der Waals surface area contributed by atoms with Gasteiger partial charge in [-0.15, -0.1) is 0 Å². The van der Waals surface area contributed by atoms with E-state index in [-0.39, 0.29) is 12.5 Å². The van der Waals surface area contributed by atoms with Crippen LogP contribution in [-0.2, 0) is 19.5 Å². The van der Waals surface area contributed by atoms with Crippen molar-refractivity contribution in [3.63, 3.8) is 0 Å². The van der Waals surface area contributed by atoms with Crippen LogP contribution in [0.3, 0.4) is 0 Å². The van der Waals surface area contributed by atoms with Gasteiger partial charge in [0.15, 0.2) is 11.5 Å². The third-order valence-corrected chi connectivity index (χ3v) is 4.98. The summed E-state index contributed by atoms with van der Waals surface area (Å²) in [6.45, 7) is 2.25. The van der Waals surface area contributed by atoms with Crippen LogP contribution in [0.1, 0.15) is 27.3 Å². The van der Waals surface area contributed by atoms with Gasteiger partial charge < -0.3 is 14.6 Å². The van der Waals surface area contributed by atoms with E-state index >= 15 is 0 Å². The van der Waals surface area contributed by atoms with Gasteiger partial charge in [-0.2, -0.15) is 10.2 Å². The average molecular weight is 367 g/mol. The monoisotopic (exact) mass is 367 g/mol. The number of H-pyrrole nitrogens is 2. The number of aromatic nitrogens is 4. The molecule has 2 aliphatic heterocycles. The number of ether oxygens (including phenoxy) is 2. The highest BCUT2D eigenvalue weighted by atomic mass is 16.7. The van der Waals surface area contributed by atoms with E-state index in [4.69, 9.17) is 9.47 Å². The summed E-state index contributed by atoms with van der Waals surface area (Å²) >= 11 is 0. The number of benzene rings is 1. The van der Waals surface area contributed by atoms with E-state index in [1.165, 1.54) is 0 Å². The van der Waals surface area contributed by atoms with E-state index in [2.05, 4.69) is 25.3 Å². The Kier molecular flexibility index (Phi) is 3.61. The Balaban J connectivity index is 1.42. The molecule has 9 heteroatoms. The Hall–Kier alpha value is -3.33. The molecule has 2 aromatic heterocycles. The van der Waals surface area contributed by atoms with Crippen LogP contribution in [0.4, 0.5) is 0 Å². The SMILES string of the molecule is O=C(O)c1[nH]ncc1CN1CCc2[nH]nc(-c3ccc4c(c3)OCO4)c2C1. The van der Waals surface area contributed by atoms with Crippen LogP contribution in [0.2, 0.25) is 0 Å². The molecule has 3 N–H and O–H groups in total. The van der Waals surface area contributed by atoms with Crippen molar-refractivity contribution in [1.82, 2.24) is 25.3 Å². The molecule has 0 amide bonds. The van der Waals surface area contributed by atoms with Crippen molar-refractivity contribution in [3.8, 4) is 22.8 Å². The number of hydrogen-bond donors (Lipinski definition) is 3. The van der Waals surface area contributed by atoms with Crippen molar-refractivity contribution < 1.29 is 19.4 Å². The molecule has 3 aromatic rings. The highest BCUT2D eigenvalue weighted by molar-refractivity contribution is 5.86. The van der Waals surface area contributed by atoms with Gasteiger partial charge in [-0.1, -0.05) is 0 Å². The summed E-state index contributed by atoms with van der Waals surface area (Å²) < 4.78 is 10.8. The van der Waals surface area contributed by atoms with Crippen molar-refractivity contribution in [3.05, 3.63) is 46.9 Å². The zero-order chi connectivity index (χ0) is 18.4. The number of carboxylic acid groups (broad SMARTS) is 1. The van der Waals surface area contributed by atoms with Crippen molar-refractivity contribution in [2.24, 2.45) is 0 Å². The van der Waals surface area contributed by atoms with Gasteiger partial charge in [0.2, 0.25) is 6.79 Å². The van der Waals surface area contributed by atoms with E-state index in [9.17, 15) is 9.90 Å². The van der Waals surface area contributed by atoms with E-state index < -0.39 is 5.97 Å². The molecule has 2 aliphatic rings. The summed E-state index contributed by atoms with van der Waals surface area (Å²) in [5.74, 6) is 0.469. The standard InChI is InChI=1S/C18H17N5O4/c24-18(25)17-11(6-19-21-17)7-23-4-3-13-12(8-23)16(22-20-13)10-1-2-14-15(5-10)27-9-26-14/h1-2,5-6H,3-4,7-9H2,(H,19,21)(H,20,22)(H,24,25). The summed E-state index contributed by atoms with van der Waals surface area (Å²) in [6.07, 6.45) is 2.40. The second kappa shape index (κ2) is 6.13. The Bertz CT molecular complexity index is 1020. The van der Waals surface area contributed by atoms with Crippen molar-refractivity contribution in [1.29, 1.82) is 0 Å². The maximum Gasteiger partial charge on any atom is 0.354 e. The largest absolute Gasteiger partial charge is 0.477 e. The molecule has 0 radical (unpaired) electrons. The van der Waals surface area contributed by atoms with Crippen LogP contribution in [0.25, 0.3) is 11.3 Å². The quantitative estimate of drug-likeness (QED) is 0.643. The van der Waals surface area contributed by atoms with Gasteiger partial charge in [-0.3, -0.25) is 15.1 Å². The van der Waals surface area contributed by atoms with Crippen LogP contribution in [0, 0.1) is 0 Å². The topological polar surface area (TPSA) is 116 Å². The summed E-state index contributed by atoms with van der Waals surface area (Å²) in [5, 5.41) is 23.3. The zero-order valence-corrected chi connectivity index (χ0v) is 14.4. The first-order valence-corrected chi connectivity index (χ1v) is 8.63. The lowest BCUT2D eigenvalue weighted by Gasteiger charge is -2.26. The molecule has 0 bridgehead atoms. The molecule has 0 atom stereocenters. The second-order valence-corrected chi connectivity index (χ2v) is 6.63. The highest BCUT2D eigenvalue weighted by Gasteiger charge is 2.25. The summed E-state index contributed by atoms with van der Waals surface area (Å²) in [6, 6.07) is 5.81. The van der Waals surface area contributed by atoms with Gasteiger partial charge in [0.25, 0.3) is 0 Å². The van der Waals surface area contributed by atoms with Crippen molar-refractivity contribution in [2.45, 2.75) is 19.5 Å². The smallest absolute Gasteiger partial charge is 0.354 e.